The lowest BCUT2D eigenvalue weighted by atomic mass is 9.92. The molecule has 24 heavy (non-hydrogen) atoms. The number of rotatable bonds is 4. The molecule has 4 heteroatoms. The van der Waals surface area contributed by atoms with Crippen molar-refractivity contribution in [2.75, 3.05) is 14.2 Å². The molecule has 4 rings (SSSR count). The molecule has 0 radical (unpaired) electrons. The summed E-state index contributed by atoms with van der Waals surface area (Å²) in [6.07, 6.45) is 12.6. The summed E-state index contributed by atoms with van der Waals surface area (Å²) in [4.78, 5) is 4.69. The third-order valence-electron chi connectivity index (χ3n) is 5.69. The fraction of sp³-hybridized carbons (Fsp3) is 0.550. The fourth-order valence-corrected chi connectivity index (χ4v) is 4.32. The van der Waals surface area contributed by atoms with E-state index in [1.165, 1.54) is 30.4 Å². The predicted octanol–water partition coefficient (Wildman–Crippen LogP) is 4.18. The molecule has 0 aliphatic heterocycles. The Kier molecular flexibility index (Phi) is 4.31. The topological polar surface area (TPSA) is 36.3 Å². The summed E-state index contributed by atoms with van der Waals surface area (Å²) in [7, 11) is 3.58. The molecule has 2 aliphatic rings. The Labute approximate surface area is 143 Å². The largest absolute Gasteiger partial charge is 0.496 e. The third kappa shape index (κ3) is 2.73. The van der Waals surface area contributed by atoms with Crippen LogP contribution in [0.2, 0.25) is 0 Å². The van der Waals surface area contributed by atoms with Crippen molar-refractivity contribution in [1.82, 2.24) is 9.55 Å². The number of aryl methyl sites for hydroxylation is 2. The number of ether oxygens (including phenoxy) is 2. The number of hydrogen-bond donors (Lipinski definition) is 0. The molecule has 0 unspecified atom stereocenters. The molecule has 2 aliphatic carbocycles. The van der Waals surface area contributed by atoms with Crippen molar-refractivity contribution in [2.24, 2.45) is 0 Å². The molecule has 1 heterocycles. The van der Waals surface area contributed by atoms with Gasteiger partial charge in [0.2, 0.25) is 0 Å². The van der Waals surface area contributed by atoms with Crippen LogP contribution in [0.5, 0.6) is 5.75 Å². The van der Waals surface area contributed by atoms with Gasteiger partial charge in [-0.05, 0) is 68.2 Å². The molecule has 1 fully saturated rings. The Balaban J connectivity index is 1.68. The van der Waals surface area contributed by atoms with Crippen LogP contribution in [0.1, 0.15) is 49.3 Å². The van der Waals surface area contributed by atoms with Gasteiger partial charge in [0.1, 0.15) is 11.6 Å². The number of benzene rings is 1. The van der Waals surface area contributed by atoms with Crippen LogP contribution in [0.15, 0.2) is 24.5 Å². The highest BCUT2D eigenvalue weighted by molar-refractivity contribution is 5.67. The monoisotopic (exact) mass is 326 g/mol. The minimum atomic E-state index is 0.419. The van der Waals surface area contributed by atoms with E-state index in [1.54, 1.807) is 7.11 Å². The summed E-state index contributed by atoms with van der Waals surface area (Å²) < 4.78 is 13.6. The van der Waals surface area contributed by atoms with Crippen molar-refractivity contribution < 1.29 is 9.47 Å². The number of nitrogens with zero attached hydrogens (tertiary/aromatic N) is 2. The molecule has 0 spiro atoms. The second-order valence-corrected chi connectivity index (χ2v) is 7.00. The van der Waals surface area contributed by atoms with Crippen LogP contribution >= 0.6 is 0 Å². The van der Waals surface area contributed by atoms with Gasteiger partial charge in [-0.2, -0.15) is 0 Å². The van der Waals surface area contributed by atoms with Crippen LogP contribution in [0, 0.1) is 0 Å². The molecule has 0 amide bonds. The second kappa shape index (κ2) is 6.60. The molecule has 0 atom stereocenters. The van der Waals surface area contributed by atoms with Gasteiger partial charge in [0.15, 0.2) is 0 Å². The van der Waals surface area contributed by atoms with E-state index in [2.05, 4.69) is 27.9 Å². The lowest BCUT2D eigenvalue weighted by Crippen LogP contribution is -2.22. The quantitative estimate of drug-likeness (QED) is 0.846. The van der Waals surface area contributed by atoms with Gasteiger partial charge in [-0.25, -0.2) is 4.98 Å². The number of aromatic nitrogens is 2. The minimum Gasteiger partial charge on any atom is -0.496 e. The average Bonchev–Trinajstić information content (AvgIpc) is 3.29. The van der Waals surface area contributed by atoms with E-state index in [0.29, 0.717) is 12.1 Å². The summed E-state index contributed by atoms with van der Waals surface area (Å²) >= 11 is 0. The van der Waals surface area contributed by atoms with Crippen molar-refractivity contribution in [3.05, 3.63) is 35.7 Å². The van der Waals surface area contributed by atoms with E-state index in [-0.39, 0.29) is 0 Å². The summed E-state index contributed by atoms with van der Waals surface area (Å²) in [5.41, 5.74) is 4.04. The van der Waals surface area contributed by atoms with Gasteiger partial charge in [-0.15, -0.1) is 0 Å². The molecular weight excluding hydrogens is 300 g/mol. The standard InChI is InChI=1S/C20H26N2O2/c1-23-17-8-6-16(7-9-17)22-11-10-21-20(22)18-12-14-4-3-5-15(14)13-19(18)24-2/h10-13,16-17H,3-9H2,1-2H3. The molecule has 2 aromatic rings. The van der Waals surface area contributed by atoms with Crippen molar-refractivity contribution in [1.29, 1.82) is 0 Å². The molecule has 0 N–H and O–H groups in total. The highest BCUT2D eigenvalue weighted by Crippen LogP contribution is 2.38. The SMILES string of the molecule is COc1cc2c(cc1-c1nccn1C1CCC(OC)CC1)CCC2. The Bertz CT molecular complexity index is 714. The van der Waals surface area contributed by atoms with Crippen molar-refractivity contribution in [3.8, 4) is 17.1 Å². The molecule has 1 saturated carbocycles. The third-order valence-corrected chi connectivity index (χ3v) is 5.69. The van der Waals surface area contributed by atoms with E-state index in [0.717, 1.165) is 42.8 Å². The molecule has 1 aromatic heterocycles. The first-order chi connectivity index (χ1) is 11.8. The summed E-state index contributed by atoms with van der Waals surface area (Å²) in [5, 5.41) is 0. The van der Waals surface area contributed by atoms with E-state index < -0.39 is 0 Å². The zero-order chi connectivity index (χ0) is 16.5. The van der Waals surface area contributed by atoms with Crippen LogP contribution in [0.3, 0.4) is 0 Å². The van der Waals surface area contributed by atoms with Gasteiger partial charge in [0, 0.05) is 25.5 Å². The maximum atomic E-state index is 5.70. The molecule has 4 nitrogen and oxygen atoms in total. The first kappa shape index (κ1) is 15.7. The van der Waals surface area contributed by atoms with Crippen LogP contribution < -0.4 is 4.74 Å². The molecule has 1 aromatic carbocycles. The van der Waals surface area contributed by atoms with Crippen molar-refractivity contribution >= 4 is 0 Å². The zero-order valence-electron chi connectivity index (χ0n) is 14.6. The van der Waals surface area contributed by atoms with Crippen molar-refractivity contribution in [3.63, 3.8) is 0 Å². The Hall–Kier alpha value is -1.81. The fourth-order valence-electron chi connectivity index (χ4n) is 4.32. The molecule has 128 valence electrons. The maximum Gasteiger partial charge on any atom is 0.143 e. The first-order valence-corrected chi connectivity index (χ1v) is 9.06. The summed E-state index contributed by atoms with van der Waals surface area (Å²) in [6, 6.07) is 5.03. The van der Waals surface area contributed by atoms with Crippen LogP contribution in [-0.2, 0) is 17.6 Å². The molecule has 0 saturated heterocycles. The minimum absolute atomic E-state index is 0.419. The number of imidazole rings is 1. The normalized spacial score (nSPS) is 23.2. The number of methoxy groups -OCH3 is 2. The number of hydrogen-bond acceptors (Lipinski definition) is 3. The van der Waals surface area contributed by atoms with Crippen LogP contribution in [0.4, 0.5) is 0 Å². The van der Waals surface area contributed by atoms with Gasteiger partial charge >= 0.3 is 0 Å². The van der Waals surface area contributed by atoms with Gasteiger partial charge in [0.05, 0.1) is 18.8 Å². The Morgan fingerprint density at radius 3 is 2.50 bits per heavy atom. The second-order valence-electron chi connectivity index (χ2n) is 7.00. The molecule has 0 bridgehead atoms. The average molecular weight is 326 g/mol. The highest BCUT2D eigenvalue weighted by Gasteiger charge is 2.25. The molecular formula is C20H26N2O2. The van der Waals surface area contributed by atoms with Crippen LogP contribution in [0.25, 0.3) is 11.4 Å². The lowest BCUT2D eigenvalue weighted by molar-refractivity contribution is 0.0586. The van der Waals surface area contributed by atoms with E-state index in [1.807, 2.05) is 13.3 Å². The maximum absolute atomic E-state index is 5.70. The van der Waals surface area contributed by atoms with Crippen LogP contribution in [-0.4, -0.2) is 29.9 Å². The Morgan fingerprint density at radius 2 is 1.79 bits per heavy atom. The zero-order valence-corrected chi connectivity index (χ0v) is 14.6. The van der Waals surface area contributed by atoms with Crippen molar-refractivity contribution in [2.45, 2.75) is 57.1 Å². The van der Waals surface area contributed by atoms with Gasteiger partial charge in [-0.1, -0.05) is 0 Å². The Morgan fingerprint density at radius 1 is 1.04 bits per heavy atom. The summed E-state index contributed by atoms with van der Waals surface area (Å²) in [6.45, 7) is 0. The van der Waals surface area contributed by atoms with E-state index >= 15 is 0 Å². The van der Waals surface area contributed by atoms with Gasteiger partial charge < -0.3 is 14.0 Å². The van der Waals surface area contributed by atoms with Gasteiger partial charge in [-0.3, -0.25) is 0 Å². The van der Waals surface area contributed by atoms with Gasteiger partial charge in [0.25, 0.3) is 0 Å². The van der Waals surface area contributed by atoms with E-state index in [9.17, 15) is 0 Å². The van der Waals surface area contributed by atoms with E-state index in [4.69, 9.17) is 9.47 Å². The lowest BCUT2D eigenvalue weighted by Gasteiger charge is -2.29. The summed E-state index contributed by atoms with van der Waals surface area (Å²) in [5.74, 6) is 2.00. The number of fused-ring (bicyclic) bond motifs is 1. The smallest absolute Gasteiger partial charge is 0.143 e. The first-order valence-electron chi connectivity index (χ1n) is 9.06. The predicted molar refractivity (Wildman–Crippen MR) is 94.5 cm³/mol. The highest BCUT2D eigenvalue weighted by atomic mass is 16.5.